The van der Waals surface area contributed by atoms with Crippen molar-refractivity contribution in [3.8, 4) is 0 Å². The van der Waals surface area contributed by atoms with E-state index in [1.807, 2.05) is 4.90 Å². The maximum absolute atomic E-state index is 13.0. The summed E-state index contributed by atoms with van der Waals surface area (Å²) in [5.41, 5.74) is 1.92. The van der Waals surface area contributed by atoms with E-state index in [2.05, 4.69) is 39.0 Å². The number of pyridine rings is 1. The van der Waals surface area contributed by atoms with Crippen molar-refractivity contribution in [1.29, 1.82) is 0 Å². The van der Waals surface area contributed by atoms with Gasteiger partial charge in [-0.25, -0.2) is 9.97 Å². The highest BCUT2D eigenvalue weighted by molar-refractivity contribution is 7.18. The number of hydrogen-bond acceptors (Lipinski definition) is 7. The number of thiophene rings is 1. The summed E-state index contributed by atoms with van der Waals surface area (Å²) in [6.45, 7) is 7.22. The SMILES string of the molecule is Cc1sc2ncnc(N3CCC(C(=O)NC4CCN(C(=O)c5ccncc5)CC4)CC3)c2c1C. The van der Waals surface area contributed by atoms with Gasteiger partial charge < -0.3 is 15.1 Å². The number of amides is 2. The highest BCUT2D eigenvalue weighted by Gasteiger charge is 2.30. The van der Waals surface area contributed by atoms with Gasteiger partial charge in [-0.2, -0.15) is 0 Å². The molecule has 0 saturated carbocycles. The van der Waals surface area contributed by atoms with Gasteiger partial charge in [0.15, 0.2) is 0 Å². The van der Waals surface area contributed by atoms with Crippen molar-refractivity contribution >= 4 is 39.2 Å². The molecule has 0 atom stereocenters. The largest absolute Gasteiger partial charge is 0.356 e. The summed E-state index contributed by atoms with van der Waals surface area (Å²) in [5.74, 6) is 1.20. The molecule has 2 amide bonds. The van der Waals surface area contributed by atoms with Crippen molar-refractivity contribution in [3.63, 3.8) is 0 Å². The van der Waals surface area contributed by atoms with Crippen LogP contribution in [0.5, 0.6) is 0 Å². The summed E-state index contributed by atoms with van der Waals surface area (Å²) in [6.07, 6.45) is 8.15. The second-order valence-corrected chi connectivity index (χ2v) is 10.4. The Morgan fingerprint density at radius 3 is 2.41 bits per heavy atom. The summed E-state index contributed by atoms with van der Waals surface area (Å²) in [7, 11) is 0. The third-order valence-corrected chi connectivity index (χ3v) is 8.28. The number of aryl methyl sites for hydroxylation is 2. The molecule has 2 saturated heterocycles. The standard InChI is InChI=1S/C25H30N6O2S/c1-16-17(2)34-24-21(16)22(27-15-28-24)30-11-5-18(6-12-30)23(32)29-20-7-13-31(14-8-20)25(33)19-3-9-26-10-4-19/h3-4,9-10,15,18,20H,5-8,11-14H2,1-2H3,(H,29,32). The average molecular weight is 479 g/mol. The van der Waals surface area contributed by atoms with Gasteiger partial charge in [0.05, 0.1) is 5.39 Å². The van der Waals surface area contributed by atoms with Crippen LogP contribution in [0, 0.1) is 19.8 Å². The van der Waals surface area contributed by atoms with E-state index in [0.29, 0.717) is 18.7 Å². The number of hydrogen-bond donors (Lipinski definition) is 1. The average Bonchev–Trinajstić information content (AvgIpc) is 3.18. The quantitative estimate of drug-likeness (QED) is 0.619. The topological polar surface area (TPSA) is 91.3 Å². The number of fused-ring (bicyclic) bond motifs is 1. The maximum atomic E-state index is 13.0. The van der Waals surface area contributed by atoms with Crippen molar-refractivity contribution in [2.75, 3.05) is 31.1 Å². The zero-order valence-electron chi connectivity index (χ0n) is 19.7. The molecule has 8 nitrogen and oxygen atoms in total. The molecule has 3 aromatic rings. The van der Waals surface area contributed by atoms with Crippen molar-refractivity contribution < 1.29 is 9.59 Å². The fraction of sp³-hybridized carbons (Fsp3) is 0.480. The van der Waals surface area contributed by atoms with Crippen LogP contribution >= 0.6 is 11.3 Å². The Kier molecular flexibility index (Phi) is 6.45. The van der Waals surface area contributed by atoms with Crippen LogP contribution in [0.1, 0.15) is 46.5 Å². The van der Waals surface area contributed by atoms with E-state index in [4.69, 9.17) is 0 Å². The number of rotatable bonds is 4. The van der Waals surface area contributed by atoms with Crippen LogP contribution in [-0.2, 0) is 4.79 Å². The third-order valence-electron chi connectivity index (χ3n) is 7.17. The minimum absolute atomic E-state index is 0.0235. The van der Waals surface area contributed by atoms with Gasteiger partial charge in [-0.3, -0.25) is 14.6 Å². The molecule has 5 heterocycles. The maximum Gasteiger partial charge on any atom is 0.253 e. The molecule has 1 N–H and O–H groups in total. The van der Waals surface area contributed by atoms with Crippen LogP contribution in [0.3, 0.4) is 0 Å². The Hall–Kier alpha value is -3.07. The predicted octanol–water partition coefficient (Wildman–Crippen LogP) is 3.34. The third kappa shape index (κ3) is 4.49. The highest BCUT2D eigenvalue weighted by Crippen LogP contribution is 2.35. The van der Waals surface area contributed by atoms with E-state index >= 15 is 0 Å². The van der Waals surface area contributed by atoms with Crippen LogP contribution in [0.25, 0.3) is 10.2 Å². The lowest BCUT2D eigenvalue weighted by Gasteiger charge is -2.35. The van der Waals surface area contributed by atoms with Crippen molar-refractivity contribution in [2.45, 2.75) is 45.6 Å². The fourth-order valence-electron chi connectivity index (χ4n) is 4.98. The Morgan fingerprint density at radius 1 is 1.00 bits per heavy atom. The first-order chi connectivity index (χ1) is 16.5. The predicted molar refractivity (Wildman–Crippen MR) is 133 cm³/mol. The van der Waals surface area contributed by atoms with E-state index in [0.717, 1.165) is 54.8 Å². The summed E-state index contributed by atoms with van der Waals surface area (Å²) in [4.78, 5) is 45.1. The zero-order chi connectivity index (χ0) is 23.7. The number of aromatic nitrogens is 3. The van der Waals surface area contributed by atoms with Crippen LogP contribution in [-0.4, -0.2) is 63.9 Å². The molecule has 0 spiro atoms. The van der Waals surface area contributed by atoms with Gasteiger partial charge in [0, 0.05) is 61.0 Å². The number of nitrogens with one attached hydrogen (secondary N) is 1. The summed E-state index contributed by atoms with van der Waals surface area (Å²) in [5, 5.41) is 4.41. The number of piperidine rings is 2. The first-order valence-corrected chi connectivity index (χ1v) is 12.8. The molecular weight excluding hydrogens is 448 g/mol. The molecule has 0 radical (unpaired) electrons. The fourth-order valence-corrected chi connectivity index (χ4v) is 5.97. The molecule has 2 fully saturated rings. The Bertz CT molecular complexity index is 1180. The van der Waals surface area contributed by atoms with E-state index in [1.165, 1.54) is 10.4 Å². The molecule has 34 heavy (non-hydrogen) atoms. The first-order valence-electron chi connectivity index (χ1n) is 12.0. The van der Waals surface area contributed by atoms with Crippen LogP contribution in [0.2, 0.25) is 0 Å². The van der Waals surface area contributed by atoms with Gasteiger partial charge >= 0.3 is 0 Å². The van der Waals surface area contributed by atoms with Crippen LogP contribution in [0.4, 0.5) is 5.82 Å². The minimum atomic E-state index is 0.0235. The zero-order valence-corrected chi connectivity index (χ0v) is 20.5. The van der Waals surface area contributed by atoms with Gasteiger partial charge in [0.2, 0.25) is 5.91 Å². The lowest BCUT2D eigenvalue weighted by molar-refractivity contribution is -0.126. The Morgan fingerprint density at radius 2 is 1.71 bits per heavy atom. The summed E-state index contributed by atoms with van der Waals surface area (Å²) >= 11 is 1.71. The molecule has 3 aromatic heterocycles. The molecule has 2 aliphatic rings. The second-order valence-electron chi connectivity index (χ2n) is 9.23. The van der Waals surface area contributed by atoms with Gasteiger partial charge in [-0.05, 0) is 57.2 Å². The van der Waals surface area contributed by atoms with E-state index in [1.54, 1.807) is 42.2 Å². The molecule has 0 unspecified atom stereocenters. The summed E-state index contributed by atoms with van der Waals surface area (Å²) < 4.78 is 0. The molecule has 178 valence electrons. The normalized spacial score (nSPS) is 17.8. The van der Waals surface area contributed by atoms with Crippen LogP contribution < -0.4 is 10.2 Å². The molecule has 9 heteroatoms. The number of anilines is 1. The molecule has 0 aromatic carbocycles. The van der Waals surface area contributed by atoms with E-state index in [9.17, 15) is 9.59 Å². The lowest BCUT2D eigenvalue weighted by atomic mass is 9.94. The van der Waals surface area contributed by atoms with Gasteiger partial charge in [0.1, 0.15) is 17.0 Å². The van der Waals surface area contributed by atoms with Crippen molar-refractivity contribution in [1.82, 2.24) is 25.2 Å². The number of nitrogens with zero attached hydrogens (tertiary/aromatic N) is 5. The van der Waals surface area contributed by atoms with E-state index < -0.39 is 0 Å². The monoisotopic (exact) mass is 478 g/mol. The smallest absolute Gasteiger partial charge is 0.253 e. The van der Waals surface area contributed by atoms with Crippen molar-refractivity contribution in [2.24, 2.45) is 5.92 Å². The van der Waals surface area contributed by atoms with Gasteiger partial charge in [0.25, 0.3) is 5.91 Å². The molecule has 5 rings (SSSR count). The molecule has 0 aliphatic carbocycles. The van der Waals surface area contributed by atoms with Gasteiger partial charge in [-0.1, -0.05) is 0 Å². The molecule has 2 aliphatic heterocycles. The molecular formula is C25H30N6O2S. The Labute approximate surface area is 203 Å². The highest BCUT2D eigenvalue weighted by atomic mass is 32.1. The minimum Gasteiger partial charge on any atom is -0.356 e. The second kappa shape index (κ2) is 9.66. The number of likely N-dealkylation sites (tertiary alicyclic amines) is 1. The first kappa shape index (κ1) is 22.7. The van der Waals surface area contributed by atoms with Crippen molar-refractivity contribution in [3.05, 3.63) is 46.9 Å². The van der Waals surface area contributed by atoms with Crippen LogP contribution in [0.15, 0.2) is 30.9 Å². The molecule has 0 bridgehead atoms. The van der Waals surface area contributed by atoms with E-state index in [-0.39, 0.29) is 23.8 Å². The lowest BCUT2D eigenvalue weighted by Crippen LogP contribution is -2.49. The number of carbonyl (C=O) groups is 2. The Balaban J connectivity index is 1.13. The van der Waals surface area contributed by atoms with Gasteiger partial charge in [-0.15, -0.1) is 11.3 Å². The summed E-state index contributed by atoms with van der Waals surface area (Å²) in [6, 6.07) is 3.62. The number of carbonyl (C=O) groups excluding carboxylic acids is 2.